The fourth-order valence-electron chi connectivity index (χ4n) is 2.59. The van der Waals surface area contributed by atoms with Crippen molar-refractivity contribution in [2.45, 2.75) is 12.8 Å². The van der Waals surface area contributed by atoms with Gasteiger partial charge in [-0.1, -0.05) is 12.1 Å². The predicted molar refractivity (Wildman–Crippen MR) is 91.9 cm³/mol. The Morgan fingerprint density at radius 2 is 1.92 bits per heavy atom. The van der Waals surface area contributed by atoms with Gasteiger partial charge in [0.05, 0.1) is 17.0 Å². The Labute approximate surface area is 150 Å². The summed E-state index contributed by atoms with van der Waals surface area (Å²) in [6.07, 6.45) is -4.51. The Morgan fingerprint density at radius 1 is 1.19 bits per heavy atom. The van der Waals surface area contributed by atoms with Crippen LogP contribution in [0.1, 0.15) is 20.8 Å². The molecule has 0 bridgehead atoms. The van der Waals surface area contributed by atoms with Crippen LogP contribution in [-0.2, 0) is 17.5 Å². The van der Waals surface area contributed by atoms with Gasteiger partial charge >= 0.3 is 6.18 Å². The standard InChI is InChI=1S/C18H13F4NO2S/c1-25-9-12-15-13(19)6-3-7-14(15)26-16(12)17(24)23-11-5-2-4-10(8-11)18(20,21)22/h2-8H,9H2,1H3,(H,23,24). The molecular weight excluding hydrogens is 370 g/mol. The van der Waals surface area contributed by atoms with Crippen LogP contribution in [0.25, 0.3) is 10.1 Å². The van der Waals surface area contributed by atoms with E-state index in [9.17, 15) is 22.4 Å². The minimum atomic E-state index is -4.51. The minimum Gasteiger partial charge on any atom is -0.380 e. The molecule has 0 aliphatic heterocycles. The van der Waals surface area contributed by atoms with Crippen LogP contribution in [0.5, 0.6) is 0 Å². The molecular formula is C18H13F4NO2S. The van der Waals surface area contributed by atoms with Gasteiger partial charge < -0.3 is 10.1 Å². The average molecular weight is 383 g/mol. The lowest BCUT2D eigenvalue weighted by atomic mass is 10.1. The number of anilines is 1. The number of rotatable bonds is 4. The third-order valence-electron chi connectivity index (χ3n) is 3.71. The molecule has 1 N–H and O–H groups in total. The smallest absolute Gasteiger partial charge is 0.380 e. The van der Waals surface area contributed by atoms with Gasteiger partial charge in [-0.25, -0.2) is 4.39 Å². The molecule has 26 heavy (non-hydrogen) atoms. The molecule has 0 radical (unpaired) electrons. The molecule has 1 aromatic heterocycles. The van der Waals surface area contributed by atoms with Crippen LogP contribution in [0.3, 0.4) is 0 Å². The maximum absolute atomic E-state index is 14.2. The molecule has 0 saturated heterocycles. The van der Waals surface area contributed by atoms with Crippen molar-refractivity contribution in [3.05, 3.63) is 64.3 Å². The molecule has 0 aliphatic carbocycles. The molecule has 0 aliphatic rings. The van der Waals surface area contributed by atoms with E-state index in [1.165, 1.54) is 31.4 Å². The zero-order valence-electron chi connectivity index (χ0n) is 13.5. The number of hydrogen-bond acceptors (Lipinski definition) is 3. The van der Waals surface area contributed by atoms with Crippen molar-refractivity contribution in [1.82, 2.24) is 0 Å². The zero-order chi connectivity index (χ0) is 18.9. The fraction of sp³-hybridized carbons (Fsp3) is 0.167. The second kappa shape index (κ2) is 7.05. The third-order valence-corrected chi connectivity index (χ3v) is 4.90. The van der Waals surface area contributed by atoms with Gasteiger partial charge in [0.25, 0.3) is 5.91 Å². The molecule has 0 atom stereocenters. The highest BCUT2D eigenvalue weighted by atomic mass is 32.1. The van der Waals surface area contributed by atoms with Crippen molar-refractivity contribution in [3.63, 3.8) is 0 Å². The third kappa shape index (κ3) is 3.56. The number of amides is 1. The van der Waals surface area contributed by atoms with E-state index in [2.05, 4.69) is 5.32 Å². The number of fused-ring (bicyclic) bond motifs is 1. The van der Waals surface area contributed by atoms with E-state index in [1.54, 1.807) is 6.07 Å². The van der Waals surface area contributed by atoms with Gasteiger partial charge in [0.1, 0.15) is 5.82 Å². The van der Waals surface area contributed by atoms with Crippen molar-refractivity contribution in [2.24, 2.45) is 0 Å². The number of thiophene rings is 1. The predicted octanol–water partition coefficient (Wildman–Crippen LogP) is 5.46. The lowest BCUT2D eigenvalue weighted by molar-refractivity contribution is -0.137. The Kier molecular flexibility index (Phi) is 4.97. The van der Waals surface area contributed by atoms with Crippen molar-refractivity contribution >= 4 is 33.0 Å². The molecule has 0 unspecified atom stereocenters. The maximum Gasteiger partial charge on any atom is 0.416 e. The fourth-order valence-corrected chi connectivity index (χ4v) is 3.71. The van der Waals surface area contributed by atoms with Crippen LogP contribution in [0.2, 0.25) is 0 Å². The highest BCUT2D eigenvalue weighted by molar-refractivity contribution is 7.21. The second-order valence-corrected chi connectivity index (χ2v) is 6.54. The molecule has 1 amide bonds. The first-order valence-corrected chi connectivity index (χ1v) is 8.30. The van der Waals surface area contributed by atoms with Crippen molar-refractivity contribution in [2.75, 3.05) is 12.4 Å². The summed E-state index contributed by atoms with van der Waals surface area (Å²) in [7, 11) is 1.42. The minimum absolute atomic E-state index is 0.00567. The number of nitrogens with one attached hydrogen (secondary N) is 1. The number of benzene rings is 2. The second-order valence-electron chi connectivity index (χ2n) is 5.49. The average Bonchev–Trinajstić information content (AvgIpc) is 2.95. The largest absolute Gasteiger partial charge is 0.416 e. The van der Waals surface area contributed by atoms with Crippen LogP contribution >= 0.6 is 11.3 Å². The molecule has 3 rings (SSSR count). The van der Waals surface area contributed by atoms with E-state index < -0.39 is 23.5 Å². The summed E-state index contributed by atoms with van der Waals surface area (Å²) in [5.41, 5.74) is -0.490. The normalized spacial score (nSPS) is 11.7. The van der Waals surface area contributed by atoms with Gasteiger partial charge in [-0.3, -0.25) is 4.79 Å². The molecule has 8 heteroatoms. The number of carbonyl (C=O) groups is 1. The summed E-state index contributed by atoms with van der Waals surface area (Å²) in [5, 5.41) is 2.73. The molecule has 1 heterocycles. The number of ether oxygens (including phenoxy) is 1. The van der Waals surface area contributed by atoms with Crippen LogP contribution in [0.15, 0.2) is 42.5 Å². The van der Waals surface area contributed by atoms with Crippen molar-refractivity contribution in [3.8, 4) is 0 Å². The molecule has 0 fully saturated rings. The quantitative estimate of drug-likeness (QED) is 0.608. The number of carbonyl (C=O) groups excluding carboxylic acids is 1. The van der Waals surface area contributed by atoms with E-state index in [-0.39, 0.29) is 22.6 Å². The van der Waals surface area contributed by atoms with E-state index in [0.717, 1.165) is 23.5 Å². The summed E-state index contributed by atoms with van der Waals surface area (Å²) in [5.74, 6) is -1.10. The Hall–Kier alpha value is -2.45. The summed E-state index contributed by atoms with van der Waals surface area (Å²) in [6.45, 7) is 0.00623. The monoisotopic (exact) mass is 383 g/mol. The number of methoxy groups -OCH3 is 1. The maximum atomic E-state index is 14.2. The number of hydrogen-bond donors (Lipinski definition) is 1. The van der Waals surface area contributed by atoms with Gasteiger partial charge in [-0.05, 0) is 30.3 Å². The summed E-state index contributed by atoms with van der Waals surface area (Å²) in [6, 6.07) is 8.81. The Bertz CT molecular complexity index is 965. The van der Waals surface area contributed by atoms with Crippen LogP contribution in [0, 0.1) is 5.82 Å². The van der Waals surface area contributed by atoms with E-state index in [0.29, 0.717) is 10.3 Å². The van der Waals surface area contributed by atoms with Crippen LogP contribution in [-0.4, -0.2) is 13.0 Å². The van der Waals surface area contributed by atoms with Crippen molar-refractivity contribution < 1.29 is 27.1 Å². The molecule has 2 aromatic carbocycles. The summed E-state index contributed by atoms with van der Waals surface area (Å²) < 4.78 is 58.2. The van der Waals surface area contributed by atoms with Gasteiger partial charge in [0, 0.05) is 28.4 Å². The summed E-state index contributed by atoms with van der Waals surface area (Å²) >= 11 is 1.06. The summed E-state index contributed by atoms with van der Waals surface area (Å²) in [4.78, 5) is 12.8. The lowest BCUT2D eigenvalue weighted by Crippen LogP contribution is -2.13. The van der Waals surface area contributed by atoms with Gasteiger partial charge in [0.2, 0.25) is 0 Å². The number of halogens is 4. The first-order valence-electron chi connectivity index (χ1n) is 7.48. The Morgan fingerprint density at radius 3 is 2.62 bits per heavy atom. The first kappa shape index (κ1) is 18.3. The Balaban J connectivity index is 1.98. The first-order chi connectivity index (χ1) is 12.3. The van der Waals surface area contributed by atoms with Gasteiger partial charge in [0.15, 0.2) is 0 Å². The lowest BCUT2D eigenvalue weighted by Gasteiger charge is -2.10. The highest BCUT2D eigenvalue weighted by Gasteiger charge is 2.30. The van der Waals surface area contributed by atoms with E-state index in [1.807, 2.05) is 0 Å². The van der Waals surface area contributed by atoms with E-state index in [4.69, 9.17) is 4.74 Å². The molecule has 136 valence electrons. The molecule has 3 nitrogen and oxygen atoms in total. The molecule has 0 saturated carbocycles. The highest BCUT2D eigenvalue weighted by Crippen LogP contribution is 2.35. The van der Waals surface area contributed by atoms with Crippen LogP contribution < -0.4 is 5.32 Å². The SMILES string of the molecule is COCc1c(C(=O)Nc2cccc(C(F)(F)F)c2)sc2cccc(F)c12. The molecule has 3 aromatic rings. The molecule has 0 spiro atoms. The van der Waals surface area contributed by atoms with Gasteiger partial charge in [-0.15, -0.1) is 11.3 Å². The zero-order valence-corrected chi connectivity index (χ0v) is 14.3. The van der Waals surface area contributed by atoms with Gasteiger partial charge in [-0.2, -0.15) is 13.2 Å². The van der Waals surface area contributed by atoms with E-state index >= 15 is 0 Å². The van der Waals surface area contributed by atoms with Crippen LogP contribution in [0.4, 0.5) is 23.2 Å². The topological polar surface area (TPSA) is 38.3 Å². The number of alkyl halides is 3. The van der Waals surface area contributed by atoms with Crippen molar-refractivity contribution in [1.29, 1.82) is 0 Å².